The van der Waals surface area contributed by atoms with Crippen LogP contribution in [0.15, 0.2) is 18.2 Å². The molecule has 3 heteroatoms. The molecule has 1 saturated carbocycles. The lowest BCUT2D eigenvalue weighted by molar-refractivity contribution is 0.390. The van der Waals surface area contributed by atoms with Gasteiger partial charge in [-0.05, 0) is 43.0 Å². The number of benzene rings is 1. The summed E-state index contributed by atoms with van der Waals surface area (Å²) in [6, 6.07) is 5.62. The van der Waals surface area contributed by atoms with Crippen molar-refractivity contribution in [2.75, 3.05) is 6.54 Å². The molecular weight excluding hydrogens is 261 g/mol. The van der Waals surface area contributed by atoms with Crippen LogP contribution >= 0.6 is 11.6 Å². The van der Waals surface area contributed by atoms with Crippen molar-refractivity contribution in [2.45, 2.75) is 51.5 Å². The Hall–Kier alpha value is -0.600. The van der Waals surface area contributed by atoms with E-state index in [1.54, 1.807) is 12.1 Å². The SMILES string of the molecule is CCNC(Cc1ccc(Cl)c(F)c1)CC1CCCC1. The van der Waals surface area contributed by atoms with Gasteiger partial charge in [-0.1, -0.05) is 50.3 Å². The van der Waals surface area contributed by atoms with Crippen LogP contribution in [0.5, 0.6) is 0 Å². The van der Waals surface area contributed by atoms with Crippen LogP contribution in [0.3, 0.4) is 0 Å². The van der Waals surface area contributed by atoms with Gasteiger partial charge in [-0.25, -0.2) is 4.39 Å². The maximum Gasteiger partial charge on any atom is 0.142 e. The van der Waals surface area contributed by atoms with Crippen LogP contribution in [-0.2, 0) is 6.42 Å². The molecule has 1 nitrogen and oxygen atoms in total. The largest absolute Gasteiger partial charge is 0.314 e. The Morgan fingerprint density at radius 2 is 2.11 bits per heavy atom. The third-order valence-corrected chi connectivity index (χ3v) is 4.36. The van der Waals surface area contributed by atoms with Crippen LogP contribution in [0.1, 0.15) is 44.6 Å². The molecule has 1 aliphatic carbocycles. The number of hydrogen-bond acceptors (Lipinski definition) is 1. The Kier molecular flexibility index (Phi) is 5.65. The van der Waals surface area contributed by atoms with Gasteiger partial charge in [0, 0.05) is 6.04 Å². The summed E-state index contributed by atoms with van der Waals surface area (Å²) in [5.74, 6) is 0.538. The van der Waals surface area contributed by atoms with Crippen molar-refractivity contribution in [1.29, 1.82) is 0 Å². The molecule has 1 fully saturated rings. The van der Waals surface area contributed by atoms with Crippen molar-refractivity contribution >= 4 is 11.6 Å². The highest BCUT2D eigenvalue weighted by molar-refractivity contribution is 6.30. The number of likely N-dealkylation sites (N-methyl/N-ethyl adjacent to an activating group) is 1. The molecule has 1 aromatic rings. The first-order valence-corrected chi connectivity index (χ1v) is 7.74. The summed E-state index contributed by atoms with van der Waals surface area (Å²) in [5, 5.41) is 3.74. The van der Waals surface area contributed by atoms with Gasteiger partial charge in [0.15, 0.2) is 0 Å². The van der Waals surface area contributed by atoms with E-state index in [4.69, 9.17) is 11.6 Å². The quantitative estimate of drug-likeness (QED) is 0.806. The summed E-state index contributed by atoms with van der Waals surface area (Å²) < 4.78 is 13.5. The van der Waals surface area contributed by atoms with Crippen LogP contribution in [0.25, 0.3) is 0 Å². The fourth-order valence-corrected chi connectivity index (χ4v) is 3.24. The second-order valence-electron chi connectivity index (χ2n) is 5.59. The maximum absolute atomic E-state index is 13.5. The van der Waals surface area contributed by atoms with E-state index in [0.29, 0.717) is 6.04 Å². The van der Waals surface area contributed by atoms with Gasteiger partial charge in [-0.2, -0.15) is 0 Å². The van der Waals surface area contributed by atoms with Gasteiger partial charge in [0.1, 0.15) is 5.82 Å². The first-order valence-electron chi connectivity index (χ1n) is 7.36. The van der Waals surface area contributed by atoms with Crippen LogP contribution in [0.4, 0.5) is 4.39 Å². The van der Waals surface area contributed by atoms with Gasteiger partial charge in [0.25, 0.3) is 0 Å². The van der Waals surface area contributed by atoms with E-state index in [0.717, 1.165) is 24.4 Å². The molecule has 2 rings (SSSR count). The Morgan fingerprint density at radius 1 is 1.37 bits per heavy atom. The Bertz CT molecular complexity index is 402. The molecule has 1 N–H and O–H groups in total. The number of nitrogens with one attached hydrogen (secondary N) is 1. The fourth-order valence-electron chi connectivity index (χ4n) is 3.13. The number of hydrogen-bond donors (Lipinski definition) is 1. The van der Waals surface area contributed by atoms with E-state index in [9.17, 15) is 4.39 Å². The lowest BCUT2D eigenvalue weighted by Crippen LogP contribution is -2.32. The second kappa shape index (κ2) is 7.25. The Morgan fingerprint density at radius 3 is 2.74 bits per heavy atom. The molecule has 1 aromatic carbocycles. The summed E-state index contributed by atoms with van der Waals surface area (Å²) in [4.78, 5) is 0. The summed E-state index contributed by atoms with van der Waals surface area (Å²) in [7, 11) is 0. The van der Waals surface area contributed by atoms with Crippen LogP contribution in [-0.4, -0.2) is 12.6 Å². The topological polar surface area (TPSA) is 12.0 Å². The first kappa shape index (κ1) is 14.8. The van der Waals surface area contributed by atoms with Crippen LogP contribution in [0, 0.1) is 11.7 Å². The summed E-state index contributed by atoms with van der Waals surface area (Å²) in [5.41, 5.74) is 1.03. The lowest BCUT2D eigenvalue weighted by atomic mass is 9.94. The fraction of sp³-hybridized carbons (Fsp3) is 0.625. The summed E-state index contributed by atoms with van der Waals surface area (Å²) in [6.07, 6.45) is 7.56. The molecule has 0 amide bonds. The monoisotopic (exact) mass is 283 g/mol. The minimum absolute atomic E-state index is 0.208. The average molecular weight is 284 g/mol. The number of rotatable bonds is 6. The van der Waals surface area contributed by atoms with Gasteiger partial charge in [-0.3, -0.25) is 0 Å². The van der Waals surface area contributed by atoms with Gasteiger partial charge in [-0.15, -0.1) is 0 Å². The third kappa shape index (κ3) is 4.47. The molecule has 0 radical (unpaired) electrons. The maximum atomic E-state index is 13.5. The smallest absolute Gasteiger partial charge is 0.142 e. The molecule has 0 bridgehead atoms. The lowest BCUT2D eigenvalue weighted by Gasteiger charge is -2.21. The van der Waals surface area contributed by atoms with Crippen LogP contribution < -0.4 is 5.32 Å². The summed E-state index contributed by atoms with van der Waals surface area (Å²) >= 11 is 5.73. The Labute approximate surface area is 120 Å². The van der Waals surface area contributed by atoms with E-state index >= 15 is 0 Å². The van der Waals surface area contributed by atoms with E-state index in [2.05, 4.69) is 12.2 Å². The molecular formula is C16H23ClFN. The molecule has 106 valence electrons. The minimum Gasteiger partial charge on any atom is -0.314 e. The third-order valence-electron chi connectivity index (χ3n) is 4.05. The van der Waals surface area contributed by atoms with Gasteiger partial charge in [0.05, 0.1) is 5.02 Å². The number of halogens is 2. The molecule has 0 aliphatic heterocycles. The molecule has 19 heavy (non-hydrogen) atoms. The van der Waals surface area contributed by atoms with E-state index < -0.39 is 0 Å². The average Bonchev–Trinajstić information content (AvgIpc) is 2.87. The molecule has 0 saturated heterocycles. The zero-order chi connectivity index (χ0) is 13.7. The zero-order valence-corrected chi connectivity index (χ0v) is 12.3. The normalized spacial score (nSPS) is 17.8. The molecule has 1 unspecified atom stereocenters. The van der Waals surface area contributed by atoms with Crippen molar-refractivity contribution in [1.82, 2.24) is 5.32 Å². The molecule has 1 aliphatic rings. The van der Waals surface area contributed by atoms with Crippen molar-refractivity contribution in [3.8, 4) is 0 Å². The highest BCUT2D eigenvalue weighted by Crippen LogP contribution is 2.29. The highest BCUT2D eigenvalue weighted by Gasteiger charge is 2.20. The predicted octanol–water partition coefficient (Wildman–Crippen LogP) is 4.58. The van der Waals surface area contributed by atoms with Crippen molar-refractivity contribution < 1.29 is 4.39 Å². The summed E-state index contributed by atoms with van der Waals surface area (Å²) in [6.45, 7) is 3.09. The van der Waals surface area contributed by atoms with Gasteiger partial charge in [0.2, 0.25) is 0 Å². The minimum atomic E-state index is -0.310. The molecule has 0 aromatic heterocycles. The standard InChI is InChI=1S/C16H23ClFN/c1-2-19-14(9-12-5-3-4-6-12)10-13-7-8-15(17)16(18)11-13/h7-8,11-12,14,19H,2-6,9-10H2,1H3. The van der Waals surface area contributed by atoms with E-state index in [1.165, 1.54) is 32.1 Å². The first-order chi connectivity index (χ1) is 9.19. The van der Waals surface area contributed by atoms with Crippen molar-refractivity contribution in [3.63, 3.8) is 0 Å². The van der Waals surface area contributed by atoms with Gasteiger partial charge >= 0.3 is 0 Å². The van der Waals surface area contributed by atoms with Gasteiger partial charge < -0.3 is 5.32 Å². The zero-order valence-electron chi connectivity index (χ0n) is 11.6. The molecule has 0 spiro atoms. The van der Waals surface area contributed by atoms with Crippen molar-refractivity contribution in [3.05, 3.63) is 34.6 Å². The van der Waals surface area contributed by atoms with Crippen molar-refractivity contribution in [2.24, 2.45) is 5.92 Å². The second-order valence-corrected chi connectivity index (χ2v) is 6.00. The van der Waals surface area contributed by atoms with E-state index in [1.807, 2.05) is 6.07 Å². The Balaban J connectivity index is 1.96. The molecule has 1 atom stereocenters. The molecule has 0 heterocycles. The van der Waals surface area contributed by atoms with Crippen LogP contribution in [0.2, 0.25) is 5.02 Å². The highest BCUT2D eigenvalue weighted by atomic mass is 35.5. The predicted molar refractivity (Wildman–Crippen MR) is 79.2 cm³/mol. The van der Waals surface area contributed by atoms with E-state index in [-0.39, 0.29) is 10.8 Å².